The number of nitrogens with two attached hydrogens (primary N) is 1. The number of anilines is 1. The van der Waals surface area contributed by atoms with E-state index in [0.29, 0.717) is 0 Å². The summed E-state index contributed by atoms with van der Waals surface area (Å²) in [4.78, 5) is 11.8. The fourth-order valence-electron chi connectivity index (χ4n) is 1.79. The lowest BCUT2D eigenvalue weighted by Gasteiger charge is -2.13. The van der Waals surface area contributed by atoms with Crippen molar-refractivity contribution >= 4 is 21.6 Å². The van der Waals surface area contributed by atoms with Gasteiger partial charge in [0.1, 0.15) is 6.54 Å². The summed E-state index contributed by atoms with van der Waals surface area (Å²) in [6, 6.07) is 5.70. The monoisotopic (exact) mass is 308 g/mol. The maximum atomic E-state index is 12.3. The standard InChI is InChI=1S/C13H16N4O3S/c1-13(4-5-13)17-21(19,20)9-2-3-11(15)10(8-9)12(18)16-7-6-14/h2-3,8,17H,4-5,7,15H2,1H3,(H,16,18). The minimum Gasteiger partial charge on any atom is -0.398 e. The van der Waals surface area contributed by atoms with Crippen LogP contribution in [0.3, 0.4) is 0 Å². The first kappa shape index (κ1) is 15.3. The number of sulfonamides is 1. The van der Waals surface area contributed by atoms with Crippen LogP contribution in [0.15, 0.2) is 23.1 Å². The molecule has 1 aromatic carbocycles. The summed E-state index contributed by atoms with van der Waals surface area (Å²) in [7, 11) is -3.70. The molecule has 0 atom stereocenters. The maximum absolute atomic E-state index is 12.3. The first-order valence-corrected chi connectivity index (χ1v) is 7.84. The zero-order valence-electron chi connectivity index (χ0n) is 11.5. The van der Waals surface area contributed by atoms with Gasteiger partial charge in [-0.3, -0.25) is 4.79 Å². The second-order valence-electron chi connectivity index (χ2n) is 5.26. The molecule has 112 valence electrons. The van der Waals surface area contributed by atoms with Crippen LogP contribution in [-0.4, -0.2) is 26.4 Å². The molecule has 1 aromatic rings. The number of carbonyl (C=O) groups is 1. The summed E-state index contributed by atoms with van der Waals surface area (Å²) in [5.74, 6) is -0.580. The van der Waals surface area contributed by atoms with Gasteiger partial charge in [0, 0.05) is 11.2 Å². The van der Waals surface area contributed by atoms with Crippen molar-refractivity contribution in [3.8, 4) is 6.07 Å². The highest BCUT2D eigenvalue weighted by molar-refractivity contribution is 7.89. The number of carbonyl (C=O) groups excluding carboxylic acids is 1. The van der Waals surface area contributed by atoms with E-state index >= 15 is 0 Å². The third-order valence-electron chi connectivity index (χ3n) is 3.29. The number of nitrogens with zero attached hydrogens (tertiary/aromatic N) is 1. The molecule has 0 spiro atoms. The second kappa shape index (κ2) is 5.35. The Hall–Kier alpha value is -2.11. The molecule has 21 heavy (non-hydrogen) atoms. The summed E-state index contributed by atoms with van der Waals surface area (Å²) < 4.78 is 27.1. The molecular formula is C13H16N4O3S. The van der Waals surface area contributed by atoms with Crippen LogP contribution < -0.4 is 15.8 Å². The van der Waals surface area contributed by atoms with Crippen LogP contribution in [0, 0.1) is 11.3 Å². The van der Waals surface area contributed by atoms with Crippen molar-refractivity contribution in [1.82, 2.24) is 10.0 Å². The van der Waals surface area contributed by atoms with Crippen molar-refractivity contribution in [2.24, 2.45) is 0 Å². The topological polar surface area (TPSA) is 125 Å². The van der Waals surface area contributed by atoms with Crippen LogP contribution in [0.2, 0.25) is 0 Å². The van der Waals surface area contributed by atoms with E-state index < -0.39 is 21.5 Å². The third kappa shape index (κ3) is 3.51. The van der Waals surface area contributed by atoms with Crippen molar-refractivity contribution in [3.63, 3.8) is 0 Å². The van der Waals surface area contributed by atoms with Gasteiger partial charge in [-0.1, -0.05) is 0 Å². The Morgan fingerprint density at radius 1 is 1.48 bits per heavy atom. The molecule has 0 bridgehead atoms. The molecule has 1 aliphatic carbocycles. The van der Waals surface area contributed by atoms with Crippen LogP contribution in [0.1, 0.15) is 30.1 Å². The smallest absolute Gasteiger partial charge is 0.254 e. The van der Waals surface area contributed by atoms with Gasteiger partial charge < -0.3 is 11.1 Å². The molecule has 8 heteroatoms. The van der Waals surface area contributed by atoms with E-state index in [-0.39, 0.29) is 22.7 Å². The van der Waals surface area contributed by atoms with E-state index in [1.165, 1.54) is 18.2 Å². The molecule has 1 aliphatic rings. The number of hydrogen-bond donors (Lipinski definition) is 3. The lowest BCUT2D eigenvalue weighted by Crippen LogP contribution is -2.34. The molecule has 0 radical (unpaired) electrons. The van der Waals surface area contributed by atoms with Gasteiger partial charge in [-0.15, -0.1) is 0 Å². The van der Waals surface area contributed by atoms with Crippen LogP contribution >= 0.6 is 0 Å². The average molecular weight is 308 g/mol. The van der Waals surface area contributed by atoms with E-state index in [9.17, 15) is 13.2 Å². The van der Waals surface area contributed by atoms with E-state index in [0.717, 1.165) is 12.8 Å². The first-order chi connectivity index (χ1) is 9.77. The highest BCUT2D eigenvalue weighted by Crippen LogP contribution is 2.36. The molecule has 0 unspecified atom stereocenters. The fraction of sp³-hybridized carbons (Fsp3) is 0.385. The number of nitrogen functional groups attached to an aromatic ring is 1. The van der Waals surface area contributed by atoms with Gasteiger partial charge in [0.2, 0.25) is 10.0 Å². The summed E-state index contributed by atoms with van der Waals surface area (Å²) in [5, 5.41) is 10.8. The Balaban J connectivity index is 2.30. The van der Waals surface area contributed by atoms with Crippen LogP contribution in [0.25, 0.3) is 0 Å². The van der Waals surface area contributed by atoms with Crippen LogP contribution in [0.4, 0.5) is 5.69 Å². The third-order valence-corrected chi connectivity index (χ3v) is 4.92. The van der Waals surface area contributed by atoms with Gasteiger partial charge in [0.15, 0.2) is 0 Å². The summed E-state index contributed by atoms with van der Waals surface area (Å²) in [6.45, 7) is 1.65. The Bertz CT molecular complexity index is 717. The highest BCUT2D eigenvalue weighted by Gasteiger charge is 2.41. The Labute approximate surface area is 123 Å². The average Bonchev–Trinajstić information content (AvgIpc) is 3.12. The van der Waals surface area contributed by atoms with Crippen molar-refractivity contribution in [2.75, 3.05) is 12.3 Å². The molecule has 0 aliphatic heterocycles. The summed E-state index contributed by atoms with van der Waals surface area (Å²) >= 11 is 0. The number of nitriles is 1. The Morgan fingerprint density at radius 3 is 2.71 bits per heavy atom. The van der Waals surface area contributed by atoms with E-state index in [1.807, 2.05) is 6.92 Å². The van der Waals surface area contributed by atoms with Gasteiger partial charge in [-0.25, -0.2) is 13.1 Å². The Kier molecular flexibility index (Phi) is 3.89. The van der Waals surface area contributed by atoms with E-state index in [2.05, 4.69) is 10.0 Å². The minimum absolute atomic E-state index is 0.0214. The molecular weight excluding hydrogens is 292 g/mol. The van der Waals surface area contributed by atoms with Crippen molar-refractivity contribution in [1.29, 1.82) is 5.26 Å². The van der Waals surface area contributed by atoms with Crippen molar-refractivity contribution in [3.05, 3.63) is 23.8 Å². The van der Waals surface area contributed by atoms with Gasteiger partial charge in [-0.05, 0) is 38.0 Å². The molecule has 0 aromatic heterocycles. The number of rotatable bonds is 5. The van der Waals surface area contributed by atoms with Crippen LogP contribution in [0.5, 0.6) is 0 Å². The SMILES string of the molecule is CC1(NS(=O)(=O)c2ccc(N)c(C(=O)NCC#N)c2)CC1. The fourth-order valence-corrected chi connectivity index (χ4v) is 3.28. The predicted molar refractivity (Wildman–Crippen MR) is 76.8 cm³/mol. The van der Waals surface area contributed by atoms with Crippen molar-refractivity contribution in [2.45, 2.75) is 30.2 Å². The van der Waals surface area contributed by atoms with Gasteiger partial charge in [0.25, 0.3) is 5.91 Å². The van der Waals surface area contributed by atoms with E-state index in [4.69, 9.17) is 11.0 Å². The molecule has 2 rings (SSSR count). The zero-order chi connectivity index (χ0) is 15.7. The van der Waals surface area contributed by atoms with Gasteiger partial charge >= 0.3 is 0 Å². The quantitative estimate of drug-likeness (QED) is 0.534. The zero-order valence-corrected chi connectivity index (χ0v) is 12.3. The molecule has 0 saturated heterocycles. The molecule has 1 saturated carbocycles. The molecule has 7 nitrogen and oxygen atoms in total. The first-order valence-electron chi connectivity index (χ1n) is 6.36. The molecule has 0 heterocycles. The maximum Gasteiger partial charge on any atom is 0.254 e. The predicted octanol–water partition coefficient (Wildman–Crippen LogP) is 0.353. The second-order valence-corrected chi connectivity index (χ2v) is 6.94. The minimum atomic E-state index is -3.70. The lowest BCUT2D eigenvalue weighted by atomic mass is 10.1. The largest absolute Gasteiger partial charge is 0.398 e. The Morgan fingerprint density at radius 2 is 2.14 bits per heavy atom. The number of benzene rings is 1. The molecule has 1 fully saturated rings. The normalized spacial score (nSPS) is 16.0. The summed E-state index contributed by atoms with van der Waals surface area (Å²) in [6.07, 6.45) is 1.58. The lowest BCUT2D eigenvalue weighted by molar-refractivity contribution is 0.0959. The number of hydrogen-bond acceptors (Lipinski definition) is 5. The van der Waals surface area contributed by atoms with E-state index in [1.54, 1.807) is 6.07 Å². The van der Waals surface area contributed by atoms with Crippen molar-refractivity contribution < 1.29 is 13.2 Å². The molecule has 4 N–H and O–H groups in total. The number of nitrogens with one attached hydrogen (secondary N) is 2. The number of amides is 1. The highest BCUT2D eigenvalue weighted by atomic mass is 32.2. The van der Waals surface area contributed by atoms with Gasteiger partial charge in [-0.2, -0.15) is 5.26 Å². The molecule has 1 amide bonds. The summed E-state index contributed by atoms with van der Waals surface area (Å²) in [5.41, 5.74) is 5.48. The van der Waals surface area contributed by atoms with Crippen LogP contribution in [-0.2, 0) is 10.0 Å². The van der Waals surface area contributed by atoms with Gasteiger partial charge in [0.05, 0.1) is 16.5 Å².